The molecule has 4 N–H and O–H groups in total. The van der Waals surface area contributed by atoms with Crippen LogP contribution in [0.15, 0.2) is 22.7 Å². The van der Waals surface area contributed by atoms with Gasteiger partial charge < -0.3 is 16.4 Å². The third-order valence-corrected chi connectivity index (χ3v) is 4.61. The molecule has 0 saturated carbocycles. The summed E-state index contributed by atoms with van der Waals surface area (Å²) in [6.45, 7) is 3.40. The number of carbonyl (C=O) groups is 1. The third-order valence-electron chi connectivity index (χ3n) is 3.87. The molecule has 0 radical (unpaired) electrons. The fourth-order valence-electron chi connectivity index (χ4n) is 2.58. The number of anilines is 1. The standard InChI is InChI=1S/C14H20BrN3O/c1-9-2-3-11(14(17)19)8-18(9)12-5-4-10(7-16)13(15)6-12/h4-6,9,11H,2-3,7-8,16H2,1H3,(H2,17,19). The molecule has 0 spiro atoms. The second-order valence-corrected chi connectivity index (χ2v) is 6.01. The topological polar surface area (TPSA) is 72.4 Å². The zero-order chi connectivity index (χ0) is 14.0. The Morgan fingerprint density at radius 2 is 2.21 bits per heavy atom. The van der Waals surface area contributed by atoms with Crippen molar-refractivity contribution in [3.8, 4) is 0 Å². The molecule has 5 heteroatoms. The van der Waals surface area contributed by atoms with Crippen LogP contribution < -0.4 is 16.4 Å². The van der Waals surface area contributed by atoms with E-state index in [1.807, 2.05) is 6.07 Å². The zero-order valence-electron chi connectivity index (χ0n) is 11.1. The van der Waals surface area contributed by atoms with Crippen LogP contribution >= 0.6 is 15.9 Å². The number of primary amides is 1. The SMILES string of the molecule is CC1CCC(C(N)=O)CN1c1ccc(CN)c(Br)c1. The molecular formula is C14H20BrN3O. The molecule has 1 aliphatic rings. The Bertz CT molecular complexity index is 478. The first kappa shape index (κ1) is 14.3. The van der Waals surface area contributed by atoms with Gasteiger partial charge in [-0.25, -0.2) is 0 Å². The Morgan fingerprint density at radius 3 is 2.79 bits per heavy atom. The van der Waals surface area contributed by atoms with Crippen LogP contribution in [0.2, 0.25) is 0 Å². The summed E-state index contributed by atoms with van der Waals surface area (Å²) in [5, 5.41) is 0. The average molecular weight is 326 g/mol. The predicted molar refractivity (Wildman–Crippen MR) is 80.8 cm³/mol. The normalized spacial score (nSPS) is 23.4. The second-order valence-electron chi connectivity index (χ2n) is 5.16. The van der Waals surface area contributed by atoms with E-state index >= 15 is 0 Å². The van der Waals surface area contributed by atoms with Crippen molar-refractivity contribution in [2.24, 2.45) is 17.4 Å². The molecule has 1 amide bonds. The monoisotopic (exact) mass is 325 g/mol. The molecule has 1 saturated heterocycles. The molecule has 2 atom stereocenters. The van der Waals surface area contributed by atoms with Gasteiger partial charge in [0.05, 0.1) is 5.92 Å². The Hall–Kier alpha value is -1.07. The number of rotatable bonds is 3. The van der Waals surface area contributed by atoms with E-state index in [0.717, 1.165) is 28.6 Å². The highest BCUT2D eigenvalue weighted by atomic mass is 79.9. The number of carbonyl (C=O) groups excluding carboxylic acids is 1. The molecule has 1 aliphatic heterocycles. The highest BCUT2D eigenvalue weighted by molar-refractivity contribution is 9.10. The van der Waals surface area contributed by atoms with Crippen molar-refractivity contribution in [2.75, 3.05) is 11.4 Å². The highest BCUT2D eigenvalue weighted by Crippen LogP contribution is 2.30. The number of nitrogens with zero attached hydrogens (tertiary/aromatic N) is 1. The van der Waals surface area contributed by atoms with Gasteiger partial charge in [0.2, 0.25) is 5.91 Å². The minimum atomic E-state index is -0.199. The van der Waals surface area contributed by atoms with Crippen LogP contribution in [0, 0.1) is 5.92 Å². The van der Waals surface area contributed by atoms with Crippen LogP contribution in [0.3, 0.4) is 0 Å². The van der Waals surface area contributed by atoms with Crippen LogP contribution in [0.25, 0.3) is 0 Å². The fourth-order valence-corrected chi connectivity index (χ4v) is 3.11. The molecule has 19 heavy (non-hydrogen) atoms. The lowest BCUT2D eigenvalue weighted by molar-refractivity contribution is -0.122. The first-order valence-corrected chi connectivity index (χ1v) is 7.36. The Kier molecular flexibility index (Phi) is 4.47. The second kappa shape index (κ2) is 5.92. The molecule has 104 valence electrons. The summed E-state index contributed by atoms with van der Waals surface area (Å²) in [7, 11) is 0. The number of hydrogen-bond donors (Lipinski definition) is 2. The van der Waals surface area contributed by atoms with E-state index in [1.165, 1.54) is 0 Å². The lowest BCUT2D eigenvalue weighted by atomic mass is 9.92. The summed E-state index contributed by atoms with van der Waals surface area (Å²) in [6, 6.07) is 6.58. The van der Waals surface area contributed by atoms with E-state index in [2.05, 4.69) is 39.9 Å². The number of hydrogen-bond acceptors (Lipinski definition) is 3. The quantitative estimate of drug-likeness (QED) is 0.892. The smallest absolute Gasteiger partial charge is 0.222 e. The lowest BCUT2D eigenvalue weighted by Gasteiger charge is -2.38. The number of halogens is 1. The molecule has 0 aromatic heterocycles. The van der Waals surface area contributed by atoms with Gasteiger partial charge in [-0.1, -0.05) is 22.0 Å². The molecule has 0 aliphatic carbocycles. The van der Waals surface area contributed by atoms with Gasteiger partial charge in [0.1, 0.15) is 0 Å². The first-order valence-electron chi connectivity index (χ1n) is 6.57. The van der Waals surface area contributed by atoms with E-state index in [0.29, 0.717) is 19.1 Å². The average Bonchev–Trinajstić information content (AvgIpc) is 2.38. The molecule has 1 fully saturated rings. The fraction of sp³-hybridized carbons (Fsp3) is 0.500. The maximum Gasteiger partial charge on any atom is 0.222 e. The Balaban J connectivity index is 2.23. The lowest BCUT2D eigenvalue weighted by Crippen LogP contribution is -2.45. The summed E-state index contributed by atoms with van der Waals surface area (Å²) in [6.07, 6.45) is 1.87. The predicted octanol–water partition coefficient (Wildman–Crippen LogP) is 2.00. The van der Waals surface area contributed by atoms with Crippen molar-refractivity contribution in [1.82, 2.24) is 0 Å². The van der Waals surface area contributed by atoms with Crippen molar-refractivity contribution >= 4 is 27.5 Å². The highest BCUT2D eigenvalue weighted by Gasteiger charge is 2.28. The van der Waals surface area contributed by atoms with Gasteiger partial charge in [0.15, 0.2) is 0 Å². The van der Waals surface area contributed by atoms with Crippen LogP contribution in [0.4, 0.5) is 5.69 Å². The Morgan fingerprint density at radius 1 is 1.47 bits per heavy atom. The molecule has 0 bridgehead atoms. The molecule has 1 aromatic carbocycles. The van der Waals surface area contributed by atoms with E-state index in [1.54, 1.807) is 0 Å². The number of benzene rings is 1. The summed E-state index contributed by atoms with van der Waals surface area (Å²) in [5.41, 5.74) is 13.3. The molecular weight excluding hydrogens is 306 g/mol. The maximum absolute atomic E-state index is 11.4. The molecule has 4 nitrogen and oxygen atoms in total. The molecule has 2 rings (SSSR count). The van der Waals surface area contributed by atoms with Gasteiger partial charge in [0, 0.05) is 29.3 Å². The van der Waals surface area contributed by atoms with Gasteiger partial charge in [-0.05, 0) is 37.5 Å². The largest absolute Gasteiger partial charge is 0.369 e. The first-order chi connectivity index (χ1) is 9.02. The van der Waals surface area contributed by atoms with E-state index in [4.69, 9.17) is 11.5 Å². The summed E-state index contributed by atoms with van der Waals surface area (Å²) in [5.74, 6) is -0.251. The van der Waals surface area contributed by atoms with Crippen LogP contribution in [-0.2, 0) is 11.3 Å². The summed E-state index contributed by atoms with van der Waals surface area (Å²) in [4.78, 5) is 13.6. The summed E-state index contributed by atoms with van der Waals surface area (Å²) < 4.78 is 1.01. The van der Waals surface area contributed by atoms with Gasteiger partial charge in [-0.2, -0.15) is 0 Å². The minimum Gasteiger partial charge on any atom is -0.369 e. The zero-order valence-corrected chi connectivity index (χ0v) is 12.7. The molecule has 1 aromatic rings. The van der Waals surface area contributed by atoms with Crippen molar-refractivity contribution < 1.29 is 4.79 Å². The number of amides is 1. The van der Waals surface area contributed by atoms with Crippen molar-refractivity contribution in [1.29, 1.82) is 0 Å². The van der Waals surface area contributed by atoms with E-state index in [-0.39, 0.29) is 11.8 Å². The number of piperidine rings is 1. The maximum atomic E-state index is 11.4. The summed E-state index contributed by atoms with van der Waals surface area (Å²) >= 11 is 3.54. The number of nitrogens with two attached hydrogens (primary N) is 2. The van der Waals surface area contributed by atoms with E-state index in [9.17, 15) is 4.79 Å². The van der Waals surface area contributed by atoms with Gasteiger partial charge in [0.25, 0.3) is 0 Å². The van der Waals surface area contributed by atoms with Crippen LogP contribution in [0.5, 0.6) is 0 Å². The van der Waals surface area contributed by atoms with E-state index < -0.39 is 0 Å². The third kappa shape index (κ3) is 3.09. The van der Waals surface area contributed by atoms with Crippen LogP contribution in [-0.4, -0.2) is 18.5 Å². The molecule has 2 unspecified atom stereocenters. The van der Waals surface area contributed by atoms with Gasteiger partial charge in [-0.3, -0.25) is 4.79 Å². The van der Waals surface area contributed by atoms with Crippen molar-refractivity contribution in [3.05, 3.63) is 28.2 Å². The molecule has 1 heterocycles. The van der Waals surface area contributed by atoms with Crippen LogP contribution in [0.1, 0.15) is 25.3 Å². The van der Waals surface area contributed by atoms with Crippen molar-refractivity contribution in [3.63, 3.8) is 0 Å². The van der Waals surface area contributed by atoms with Gasteiger partial charge in [-0.15, -0.1) is 0 Å². The van der Waals surface area contributed by atoms with Gasteiger partial charge >= 0.3 is 0 Å². The Labute approximate surface area is 122 Å². The minimum absolute atomic E-state index is 0.0517. The van der Waals surface area contributed by atoms with Crippen molar-refractivity contribution in [2.45, 2.75) is 32.4 Å².